The predicted octanol–water partition coefficient (Wildman–Crippen LogP) is 4.72. The molecule has 2 heterocycles. The normalized spacial score (nSPS) is 14.6. The molecule has 8 nitrogen and oxygen atoms in total. The molecule has 2 aromatic carbocycles. The molecule has 1 saturated heterocycles. The number of carbonyl (C=O) groups excluding carboxylic acids is 1. The van der Waals surface area contributed by atoms with Crippen LogP contribution in [0.15, 0.2) is 47.0 Å². The van der Waals surface area contributed by atoms with Gasteiger partial charge in [-0.05, 0) is 81.7 Å². The largest absolute Gasteiger partial charge is 0.490 e. The third-order valence-electron chi connectivity index (χ3n) is 5.96. The first-order valence-electron chi connectivity index (χ1n) is 12.0. The molecular weight excluding hydrogens is 468 g/mol. The summed E-state index contributed by atoms with van der Waals surface area (Å²) in [4.78, 5) is 19.5. The van der Waals surface area contributed by atoms with Crippen LogP contribution in [0.2, 0.25) is 5.02 Å². The van der Waals surface area contributed by atoms with Crippen LogP contribution in [-0.4, -0.2) is 47.3 Å². The van der Waals surface area contributed by atoms with Crippen LogP contribution in [0.3, 0.4) is 0 Å². The zero-order chi connectivity index (χ0) is 24.6. The molecule has 3 aromatic rings. The third kappa shape index (κ3) is 6.74. The Labute approximate surface area is 210 Å². The summed E-state index contributed by atoms with van der Waals surface area (Å²) < 4.78 is 16.7. The Kier molecular flexibility index (Phi) is 8.60. The number of hydrogen-bond acceptors (Lipinski definition) is 7. The van der Waals surface area contributed by atoms with Crippen LogP contribution in [0, 0.1) is 5.92 Å². The van der Waals surface area contributed by atoms with Gasteiger partial charge in [0.1, 0.15) is 0 Å². The Morgan fingerprint density at radius 1 is 1.09 bits per heavy atom. The first-order valence-corrected chi connectivity index (χ1v) is 12.4. The van der Waals surface area contributed by atoms with Crippen LogP contribution in [0.5, 0.6) is 11.5 Å². The van der Waals surface area contributed by atoms with Gasteiger partial charge in [-0.1, -0.05) is 22.8 Å². The van der Waals surface area contributed by atoms with E-state index in [2.05, 4.69) is 20.4 Å². The Morgan fingerprint density at radius 2 is 1.80 bits per heavy atom. The fourth-order valence-corrected chi connectivity index (χ4v) is 4.24. The lowest BCUT2D eigenvalue weighted by Gasteiger charge is -2.30. The summed E-state index contributed by atoms with van der Waals surface area (Å²) in [7, 11) is 0. The van der Waals surface area contributed by atoms with E-state index in [4.69, 9.17) is 25.6 Å². The van der Waals surface area contributed by atoms with E-state index in [1.54, 1.807) is 12.1 Å². The molecular formula is C26H31ClN4O4. The number of nitrogens with zero attached hydrogens (tertiary/aromatic N) is 3. The summed E-state index contributed by atoms with van der Waals surface area (Å²) in [5.74, 6) is 2.62. The summed E-state index contributed by atoms with van der Waals surface area (Å²) in [5.41, 5.74) is 1.84. The highest BCUT2D eigenvalue weighted by Gasteiger charge is 2.26. The van der Waals surface area contributed by atoms with Crippen molar-refractivity contribution in [1.29, 1.82) is 0 Å². The van der Waals surface area contributed by atoms with Crippen molar-refractivity contribution in [2.24, 2.45) is 5.92 Å². The van der Waals surface area contributed by atoms with Crippen LogP contribution in [0.4, 0.5) is 0 Å². The molecule has 0 aliphatic carbocycles. The van der Waals surface area contributed by atoms with Crippen LogP contribution in [0.25, 0.3) is 11.4 Å². The van der Waals surface area contributed by atoms with Crippen LogP contribution < -0.4 is 14.8 Å². The number of aromatic nitrogens is 2. The van der Waals surface area contributed by atoms with Gasteiger partial charge in [-0.15, -0.1) is 0 Å². The summed E-state index contributed by atoms with van der Waals surface area (Å²) >= 11 is 5.94. The van der Waals surface area contributed by atoms with E-state index in [1.165, 1.54) is 0 Å². The molecule has 4 rings (SSSR count). The second kappa shape index (κ2) is 12.0. The van der Waals surface area contributed by atoms with Gasteiger partial charge in [0.15, 0.2) is 11.5 Å². The monoisotopic (exact) mass is 498 g/mol. The quantitative estimate of drug-likeness (QED) is 0.432. The van der Waals surface area contributed by atoms with Gasteiger partial charge in [-0.3, -0.25) is 9.69 Å². The number of amides is 1. The minimum atomic E-state index is -0.00683. The maximum Gasteiger partial charge on any atom is 0.241 e. The number of likely N-dealkylation sites (tertiary alicyclic amines) is 1. The van der Waals surface area contributed by atoms with Gasteiger partial charge in [0.2, 0.25) is 17.6 Å². The van der Waals surface area contributed by atoms with Crippen LogP contribution in [-0.2, 0) is 17.9 Å². The molecule has 35 heavy (non-hydrogen) atoms. The minimum Gasteiger partial charge on any atom is -0.490 e. The topological polar surface area (TPSA) is 89.7 Å². The molecule has 1 N–H and O–H groups in total. The first kappa shape index (κ1) is 25.0. The molecule has 0 radical (unpaired) electrons. The molecule has 0 atom stereocenters. The molecule has 1 amide bonds. The summed E-state index contributed by atoms with van der Waals surface area (Å²) in [6.45, 7) is 7.64. The van der Waals surface area contributed by atoms with E-state index in [1.807, 2.05) is 44.2 Å². The fourth-order valence-electron chi connectivity index (χ4n) is 4.12. The van der Waals surface area contributed by atoms with Crippen molar-refractivity contribution in [3.8, 4) is 22.9 Å². The zero-order valence-electron chi connectivity index (χ0n) is 20.1. The molecule has 1 aliphatic heterocycles. The number of hydrogen-bond donors (Lipinski definition) is 1. The molecule has 0 spiro atoms. The lowest BCUT2D eigenvalue weighted by Crippen LogP contribution is -2.40. The van der Waals surface area contributed by atoms with E-state index < -0.39 is 0 Å². The Balaban J connectivity index is 1.24. The number of halogens is 1. The fraction of sp³-hybridized carbons (Fsp3) is 0.423. The third-order valence-corrected chi connectivity index (χ3v) is 6.21. The molecule has 9 heteroatoms. The molecule has 0 bridgehead atoms. The van der Waals surface area contributed by atoms with Gasteiger partial charge >= 0.3 is 0 Å². The van der Waals surface area contributed by atoms with E-state index in [-0.39, 0.29) is 11.8 Å². The second-order valence-electron chi connectivity index (χ2n) is 8.43. The van der Waals surface area contributed by atoms with Crippen molar-refractivity contribution in [3.05, 3.63) is 58.9 Å². The highest BCUT2D eigenvalue weighted by atomic mass is 35.5. The maximum absolute atomic E-state index is 12.8. The number of rotatable bonds is 10. The van der Waals surface area contributed by atoms with Gasteiger partial charge in [0.05, 0.1) is 19.8 Å². The molecule has 1 fully saturated rings. The van der Waals surface area contributed by atoms with Gasteiger partial charge in [-0.25, -0.2) is 0 Å². The lowest BCUT2D eigenvalue weighted by atomic mass is 9.96. The molecule has 1 aromatic heterocycles. The smallest absolute Gasteiger partial charge is 0.241 e. The van der Waals surface area contributed by atoms with Crippen LogP contribution >= 0.6 is 11.6 Å². The number of benzene rings is 2. The van der Waals surface area contributed by atoms with Crippen molar-refractivity contribution in [2.45, 2.75) is 39.8 Å². The van der Waals surface area contributed by atoms with Crippen LogP contribution in [0.1, 0.15) is 38.1 Å². The van der Waals surface area contributed by atoms with Gasteiger partial charge < -0.3 is 19.3 Å². The van der Waals surface area contributed by atoms with Gasteiger partial charge in [0.25, 0.3) is 0 Å². The van der Waals surface area contributed by atoms with Crippen molar-refractivity contribution in [1.82, 2.24) is 20.4 Å². The van der Waals surface area contributed by atoms with Crippen molar-refractivity contribution in [3.63, 3.8) is 0 Å². The van der Waals surface area contributed by atoms with Gasteiger partial charge in [0, 0.05) is 23.0 Å². The second-order valence-corrected chi connectivity index (χ2v) is 8.87. The first-order chi connectivity index (χ1) is 17.1. The summed E-state index contributed by atoms with van der Waals surface area (Å²) in [6.07, 6.45) is 1.58. The number of piperidine rings is 1. The summed E-state index contributed by atoms with van der Waals surface area (Å²) in [5, 5.41) is 7.82. The van der Waals surface area contributed by atoms with Crippen molar-refractivity contribution >= 4 is 17.5 Å². The summed E-state index contributed by atoms with van der Waals surface area (Å²) in [6, 6.07) is 13.1. The van der Waals surface area contributed by atoms with Crippen molar-refractivity contribution in [2.75, 3.05) is 26.3 Å². The highest BCUT2D eigenvalue weighted by molar-refractivity contribution is 6.30. The average molecular weight is 499 g/mol. The maximum atomic E-state index is 12.8. The van der Waals surface area contributed by atoms with Gasteiger partial charge in [-0.2, -0.15) is 4.98 Å². The minimum absolute atomic E-state index is 0.00683. The Morgan fingerprint density at radius 3 is 2.51 bits per heavy atom. The van der Waals surface area contributed by atoms with E-state index in [0.717, 1.165) is 42.8 Å². The Hall–Kier alpha value is -3.10. The zero-order valence-corrected chi connectivity index (χ0v) is 20.9. The van der Waals surface area contributed by atoms with Crippen molar-refractivity contribution < 1.29 is 18.8 Å². The predicted molar refractivity (Wildman–Crippen MR) is 133 cm³/mol. The molecule has 1 aliphatic rings. The van der Waals surface area contributed by atoms with E-state index in [0.29, 0.717) is 48.8 Å². The number of carbonyl (C=O) groups is 1. The number of nitrogens with one attached hydrogen (secondary N) is 1. The van der Waals surface area contributed by atoms with E-state index in [9.17, 15) is 4.79 Å². The standard InChI is InChI=1S/C26H31ClN4O4/c1-3-33-22-10-5-18(15-23(22)34-4-2)16-28-26(32)20-11-13-31(14-12-20)17-24-29-25(30-35-24)19-6-8-21(27)9-7-19/h5-10,15,20H,3-4,11-14,16-17H2,1-2H3,(H,28,32). The SMILES string of the molecule is CCOc1ccc(CNC(=O)C2CCN(Cc3nc(-c4ccc(Cl)cc4)no3)CC2)cc1OCC. The molecule has 0 unspecified atom stereocenters. The molecule has 186 valence electrons. The lowest BCUT2D eigenvalue weighted by molar-refractivity contribution is -0.126. The average Bonchev–Trinajstić information content (AvgIpc) is 3.33. The highest BCUT2D eigenvalue weighted by Crippen LogP contribution is 2.29. The van der Waals surface area contributed by atoms with E-state index >= 15 is 0 Å². The molecule has 0 saturated carbocycles. The number of ether oxygens (including phenoxy) is 2. The Bertz CT molecular complexity index is 1110.